The number of methoxy groups -OCH3 is 1. The van der Waals surface area contributed by atoms with E-state index in [-0.39, 0.29) is 12.5 Å². The van der Waals surface area contributed by atoms with Gasteiger partial charge in [0.15, 0.2) is 4.80 Å². The van der Waals surface area contributed by atoms with Gasteiger partial charge >= 0.3 is 5.97 Å². The van der Waals surface area contributed by atoms with E-state index in [1.54, 1.807) is 4.57 Å². The molecule has 1 aromatic carbocycles. The quantitative estimate of drug-likeness (QED) is 0.780. The lowest BCUT2D eigenvalue weighted by molar-refractivity contribution is -0.141. The molecule has 0 aliphatic heterocycles. The number of thiazole rings is 1. The van der Waals surface area contributed by atoms with Gasteiger partial charge in [0.05, 0.1) is 17.3 Å². The molecule has 0 atom stereocenters. The van der Waals surface area contributed by atoms with Gasteiger partial charge in [-0.15, -0.1) is 0 Å². The van der Waals surface area contributed by atoms with Gasteiger partial charge in [0.2, 0.25) is 0 Å². The van der Waals surface area contributed by atoms with Gasteiger partial charge in [-0.2, -0.15) is 0 Å². The monoisotopic (exact) mass is 222 g/mol. The number of aromatic nitrogens is 1. The molecular weight excluding hydrogens is 212 g/mol. The molecule has 1 N–H and O–H groups in total. The van der Waals surface area contributed by atoms with Gasteiger partial charge in [0, 0.05) is 0 Å². The summed E-state index contributed by atoms with van der Waals surface area (Å²) in [5.74, 6) is -0.336. The second-order valence-electron chi connectivity index (χ2n) is 3.04. The van der Waals surface area contributed by atoms with E-state index >= 15 is 0 Å². The number of rotatable bonds is 2. The summed E-state index contributed by atoms with van der Waals surface area (Å²) in [6.45, 7) is 0.0966. The summed E-state index contributed by atoms with van der Waals surface area (Å²) in [7, 11) is 1.35. The van der Waals surface area contributed by atoms with Crippen molar-refractivity contribution in [3.63, 3.8) is 0 Å². The standard InChI is InChI=1S/C10H10N2O2S/c1-14-9(13)6-12-7-4-2-3-5-8(7)15-10(12)11/h2-5,11H,6H2,1H3. The Kier molecular flexibility index (Phi) is 2.55. The number of fused-ring (bicyclic) bond motifs is 1. The molecule has 4 nitrogen and oxygen atoms in total. The van der Waals surface area contributed by atoms with Crippen LogP contribution >= 0.6 is 11.3 Å². The van der Waals surface area contributed by atoms with E-state index in [9.17, 15) is 4.79 Å². The molecule has 0 radical (unpaired) electrons. The minimum atomic E-state index is -0.336. The van der Waals surface area contributed by atoms with Crippen molar-refractivity contribution >= 4 is 27.5 Å². The first-order valence-corrected chi connectivity index (χ1v) is 5.24. The van der Waals surface area contributed by atoms with Crippen LogP contribution in [0.5, 0.6) is 0 Å². The Morgan fingerprint density at radius 3 is 3.00 bits per heavy atom. The molecule has 2 rings (SSSR count). The third-order valence-electron chi connectivity index (χ3n) is 2.12. The van der Waals surface area contributed by atoms with Crippen molar-refractivity contribution in [1.82, 2.24) is 4.57 Å². The summed E-state index contributed by atoms with van der Waals surface area (Å²) in [6, 6.07) is 7.64. The second kappa shape index (κ2) is 3.86. The molecule has 0 aliphatic rings. The van der Waals surface area contributed by atoms with Gasteiger partial charge in [-0.25, -0.2) is 0 Å². The van der Waals surface area contributed by atoms with Crippen LogP contribution in [0.25, 0.3) is 10.2 Å². The van der Waals surface area contributed by atoms with Gasteiger partial charge in [0.25, 0.3) is 0 Å². The molecule has 15 heavy (non-hydrogen) atoms. The fourth-order valence-corrected chi connectivity index (χ4v) is 2.30. The van der Waals surface area contributed by atoms with E-state index < -0.39 is 0 Å². The summed E-state index contributed by atoms with van der Waals surface area (Å²) in [5.41, 5.74) is 0.901. The smallest absolute Gasteiger partial charge is 0.325 e. The summed E-state index contributed by atoms with van der Waals surface area (Å²) < 4.78 is 7.24. The van der Waals surface area contributed by atoms with Crippen molar-refractivity contribution in [2.75, 3.05) is 7.11 Å². The average Bonchev–Trinajstić information content (AvgIpc) is 2.55. The first kappa shape index (κ1) is 9.92. The Bertz CT molecular complexity index is 556. The summed E-state index contributed by atoms with van der Waals surface area (Å²) in [4.78, 5) is 11.5. The van der Waals surface area contributed by atoms with Crippen molar-refractivity contribution in [2.45, 2.75) is 6.54 Å². The third-order valence-corrected chi connectivity index (χ3v) is 3.10. The Labute approximate surface area is 90.2 Å². The van der Waals surface area contributed by atoms with Crippen LogP contribution in [-0.4, -0.2) is 17.6 Å². The van der Waals surface area contributed by atoms with Gasteiger partial charge in [-0.1, -0.05) is 23.5 Å². The zero-order valence-electron chi connectivity index (χ0n) is 8.19. The van der Waals surface area contributed by atoms with E-state index in [2.05, 4.69) is 4.74 Å². The Hall–Kier alpha value is -1.62. The van der Waals surface area contributed by atoms with Crippen LogP contribution in [0.1, 0.15) is 0 Å². The van der Waals surface area contributed by atoms with Crippen LogP contribution in [-0.2, 0) is 16.1 Å². The predicted octanol–water partition coefficient (Wildman–Crippen LogP) is 1.36. The van der Waals surface area contributed by atoms with E-state index in [4.69, 9.17) is 5.41 Å². The number of nitrogens with zero attached hydrogens (tertiary/aromatic N) is 1. The maximum atomic E-state index is 11.2. The molecule has 0 fully saturated rings. The number of benzene rings is 1. The number of carbonyl (C=O) groups excluding carboxylic acids is 1. The fourth-order valence-electron chi connectivity index (χ4n) is 1.39. The van der Waals surface area contributed by atoms with E-state index in [1.807, 2.05) is 24.3 Å². The normalized spacial score (nSPS) is 10.5. The number of ether oxygens (including phenoxy) is 1. The molecule has 78 valence electrons. The lowest BCUT2D eigenvalue weighted by atomic mass is 10.3. The predicted molar refractivity (Wildman–Crippen MR) is 57.7 cm³/mol. The Morgan fingerprint density at radius 2 is 2.27 bits per heavy atom. The van der Waals surface area contributed by atoms with Crippen LogP contribution in [0.2, 0.25) is 0 Å². The van der Waals surface area contributed by atoms with E-state index in [0.29, 0.717) is 4.80 Å². The van der Waals surface area contributed by atoms with Gasteiger partial charge in [-0.3, -0.25) is 10.2 Å². The molecule has 0 saturated carbocycles. The number of esters is 1. The van der Waals surface area contributed by atoms with Crippen molar-refractivity contribution in [1.29, 1.82) is 5.41 Å². The molecule has 1 heterocycles. The van der Waals surface area contributed by atoms with Crippen molar-refractivity contribution in [3.8, 4) is 0 Å². The SMILES string of the molecule is COC(=O)Cn1c(=N)sc2ccccc21. The Morgan fingerprint density at radius 1 is 1.53 bits per heavy atom. The molecule has 2 aromatic rings. The number of hydrogen-bond acceptors (Lipinski definition) is 4. The zero-order valence-corrected chi connectivity index (χ0v) is 9.00. The lowest BCUT2D eigenvalue weighted by Gasteiger charge is -2.02. The highest BCUT2D eigenvalue weighted by molar-refractivity contribution is 7.16. The maximum Gasteiger partial charge on any atom is 0.325 e. The fraction of sp³-hybridized carbons (Fsp3) is 0.200. The molecule has 0 spiro atoms. The first-order valence-electron chi connectivity index (χ1n) is 4.42. The molecule has 5 heteroatoms. The average molecular weight is 222 g/mol. The second-order valence-corrected chi connectivity index (χ2v) is 4.07. The van der Waals surface area contributed by atoms with Crippen molar-refractivity contribution in [2.24, 2.45) is 0 Å². The van der Waals surface area contributed by atoms with Crippen LogP contribution in [0.3, 0.4) is 0 Å². The molecule has 1 aromatic heterocycles. The van der Waals surface area contributed by atoms with Gasteiger partial charge in [-0.05, 0) is 12.1 Å². The van der Waals surface area contributed by atoms with Crippen molar-refractivity contribution < 1.29 is 9.53 Å². The van der Waals surface area contributed by atoms with Gasteiger partial charge in [0.1, 0.15) is 6.54 Å². The highest BCUT2D eigenvalue weighted by Crippen LogP contribution is 2.15. The summed E-state index contributed by atoms with van der Waals surface area (Å²) in [5, 5.41) is 7.74. The van der Waals surface area contributed by atoms with Crippen LogP contribution in [0, 0.1) is 5.41 Å². The van der Waals surface area contributed by atoms with E-state index in [1.165, 1.54) is 18.4 Å². The molecule has 0 saturated heterocycles. The summed E-state index contributed by atoms with van der Waals surface area (Å²) >= 11 is 1.35. The Balaban J connectivity index is 2.54. The minimum Gasteiger partial charge on any atom is -0.468 e. The van der Waals surface area contributed by atoms with E-state index in [0.717, 1.165) is 10.2 Å². The number of nitrogens with one attached hydrogen (secondary N) is 1. The molecule has 0 aliphatic carbocycles. The van der Waals surface area contributed by atoms with Crippen molar-refractivity contribution in [3.05, 3.63) is 29.1 Å². The first-order chi connectivity index (χ1) is 7.22. The van der Waals surface area contributed by atoms with Gasteiger partial charge < -0.3 is 9.30 Å². The molecule has 0 amide bonds. The number of carbonyl (C=O) groups is 1. The number of hydrogen-bond donors (Lipinski definition) is 1. The largest absolute Gasteiger partial charge is 0.468 e. The third kappa shape index (κ3) is 1.78. The topological polar surface area (TPSA) is 55.1 Å². The molecular formula is C10H10N2O2S. The highest BCUT2D eigenvalue weighted by atomic mass is 32.1. The summed E-state index contributed by atoms with van der Waals surface area (Å²) in [6.07, 6.45) is 0. The number of para-hydroxylation sites is 1. The van der Waals surface area contributed by atoms with Crippen LogP contribution in [0.15, 0.2) is 24.3 Å². The highest BCUT2D eigenvalue weighted by Gasteiger charge is 2.08. The molecule has 0 bridgehead atoms. The lowest BCUT2D eigenvalue weighted by Crippen LogP contribution is -2.20. The zero-order chi connectivity index (χ0) is 10.8. The maximum absolute atomic E-state index is 11.2. The van der Waals surface area contributed by atoms with Crippen LogP contribution in [0.4, 0.5) is 0 Å². The molecule has 0 unspecified atom stereocenters. The van der Waals surface area contributed by atoms with Crippen LogP contribution < -0.4 is 4.80 Å². The minimum absolute atomic E-state index is 0.0966.